The number of ether oxygens (including phenoxy) is 1. The van der Waals surface area contributed by atoms with Crippen LogP contribution in [0.5, 0.6) is 0 Å². The van der Waals surface area contributed by atoms with Gasteiger partial charge in [-0.25, -0.2) is 13.1 Å². The van der Waals surface area contributed by atoms with Crippen molar-refractivity contribution < 1.29 is 13.2 Å². The van der Waals surface area contributed by atoms with Crippen molar-refractivity contribution in [2.45, 2.75) is 16.7 Å². The summed E-state index contributed by atoms with van der Waals surface area (Å²) in [6, 6.07) is 3.45. The van der Waals surface area contributed by atoms with E-state index in [0.29, 0.717) is 30.3 Å². The molecule has 0 saturated carbocycles. The summed E-state index contributed by atoms with van der Waals surface area (Å²) in [5.74, 6) is 0. The van der Waals surface area contributed by atoms with Crippen LogP contribution in [-0.2, 0) is 21.2 Å². The van der Waals surface area contributed by atoms with Crippen molar-refractivity contribution in [2.75, 3.05) is 39.8 Å². The maximum Gasteiger partial charge on any atom is 0.250 e. The predicted molar refractivity (Wildman–Crippen MR) is 79.5 cm³/mol. The van der Waals surface area contributed by atoms with Crippen molar-refractivity contribution in [2.24, 2.45) is 5.73 Å². The smallest absolute Gasteiger partial charge is 0.250 e. The number of nitrogens with one attached hydrogen (secondary N) is 1. The van der Waals surface area contributed by atoms with E-state index in [2.05, 4.69) is 9.62 Å². The summed E-state index contributed by atoms with van der Waals surface area (Å²) in [4.78, 5) is 3.12. The Bertz CT molecular complexity index is 530. The molecule has 1 unspecified atom stereocenters. The van der Waals surface area contributed by atoms with E-state index in [-0.39, 0.29) is 6.10 Å². The molecule has 1 fully saturated rings. The largest absolute Gasteiger partial charge is 0.374 e. The van der Waals surface area contributed by atoms with Gasteiger partial charge in [-0.15, -0.1) is 11.3 Å². The minimum absolute atomic E-state index is 0.0907. The molecule has 0 radical (unpaired) electrons. The molecule has 0 aromatic carbocycles. The van der Waals surface area contributed by atoms with E-state index in [1.54, 1.807) is 6.07 Å². The standard InChI is InChI=1S/C12H21N3O3S2/c1-15-6-7-18-10(9-15)8-14-20(16,17)12-3-2-11(19-12)4-5-13/h2-3,10,14H,4-9,13H2,1H3. The summed E-state index contributed by atoms with van der Waals surface area (Å²) in [5.41, 5.74) is 5.47. The van der Waals surface area contributed by atoms with Crippen LogP contribution >= 0.6 is 11.3 Å². The van der Waals surface area contributed by atoms with Gasteiger partial charge < -0.3 is 15.4 Å². The molecule has 1 aliphatic rings. The molecule has 0 spiro atoms. The topological polar surface area (TPSA) is 84.7 Å². The van der Waals surface area contributed by atoms with Gasteiger partial charge in [0, 0.05) is 24.5 Å². The zero-order valence-corrected chi connectivity index (χ0v) is 13.2. The SMILES string of the molecule is CN1CCOC(CNS(=O)(=O)c2ccc(CCN)s2)C1. The Kier molecular flexibility index (Phi) is 5.53. The van der Waals surface area contributed by atoms with Crippen LogP contribution < -0.4 is 10.5 Å². The minimum atomic E-state index is -3.45. The number of hydrogen-bond acceptors (Lipinski definition) is 6. The molecule has 1 aliphatic heterocycles. The second-order valence-electron chi connectivity index (χ2n) is 4.87. The van der Waals surface area contributed by atoms with Gasteiger partial charge >= 0.3 is 0 Å². The molecule has 1 atom stereocenters. The zero-order valence-electron chi connectivity index (χ0n) is 11.5. The van der Waals surface area contributed by atoms with E-state index in [1.165, 1.54) is 11.3 Å². The first kappa shape index (κ1) is 15.9. The number of hydrogen-bond donors (Lipinski definition) is 2. The molecule has 3 N–H and O–H groups in total. The van der Waals surface area contributed by atoms with E-state index < -0.39 is 10.0 Å². The van der Waals surface area contributed by atoms with Crippen molar-refractivity contribution in [3.8, 4) is 0 Å². The molecule has 0 amide bonds. The number of rotatable bonds is 6. The summed E-state index contributed by atoms with van der Waals surface area (Å²) in [7, 11) is -1.44. The van der Waals surface area contributed by atoms with Crippen molar-refractivity contribution in [3.63, 3.8) is 0 Å². The first-order valence-electron chi connectivity index (χ1n) is 6.60. The van der Waals surface area contributed by atoms with Crippen LogP contribution in [0.1, 0.15) is 4.88 Å². The van der Waals surface area contributed by atoms with E-state index in [0.717, 1.165) is 18.0 Å². The van der Waals surface area contributed by atoms with Crippen molar-refractivity contribution in [1.82, 2.24) is 9.62 Å². The number of likely N-dealkylation sites (N-methyl/N-ethyl adjacent to an activating group) is 1. The Morgan fingerprint density at radius 2 is 2.35 bits per heavy atom. The average molecular weight is 319 g/mol. The fourth-order valence-corrected chi connectivity index (χ4v) is 4.53. The fraction of sp³-hybridized carbons (Fsp3) is 0.667. The summed E-state index contributed by atoms with van der Waals surface area (Å²) in [6.45, 7) is 3.09. The third-order valence-corrected chi connectivity index (χ3v) is 6.20. The zero-order chi connectivity index (χ0) is 14.6. The predicted octanol–water partition coefficient (Wildman–Crippen LogP) is -0.142. The summed E-state index contributed by atoms with van der Waals surface area (Å²) >= 11 is 1.27. The highest BCUT2D eigenvalue weighted by molar-refractivity contribution is 7.91. The van der Waals surface area contributed by atoms with Gasteiger partial charge in [0.25, 0.3) is 0 Å². The van der Waals surface area contributed by atoms with Crippen LogP contribution in [0.2, 0.25) is 0 Å². The molecule has 6 nitrogen and oxygen atoms in total. The Labute approximate surface area is 124 Å². The number of thiophene rings is 1. The van der Waals surface area contributed by atoms with Gasteiger partial charge in [-0.3, -0.25) is 0 Å². The maximum atomic E-state index is 12.2. The molecular weight excluding hydrogens is 298 g/mol. The molecule has 114 valence electrons. The molecule has 1 aromatic rings. The lowest BCUT2D eigenvalue weighted by Gasteiger charge is -2.29. The number of sulfonamides is 1. The molecule has 1 aromatic heterocycles. The van der Waals surface area contributed by atoms with Gasteiger partial charge in [0.1, 0.15) is 4.21 Å². The van der Waals surface area contributed by atoms with E-state index in [9.17, 15) is 8.42 Å². The highest BCUT2D eigenvalue weighted by Gasteiger charge is 2.22. The molecule has 2 heterocycles. The van der Waals surface area contributed by atoms with Crippen LogP contribution in [0.15, 0.2) is 16.3 Å². The first-order valence-corrected chi connectivity index (χ1v) is 8.90. The number of morpholine rings is 1. The van der Waals surface area contributed by atoms with Crippen molar-refractivity contribution in [1.29, 1.82) is 0 Å². The second-order valence-corrected chi connectivity index (χ2v) is 8.03. The second kappa shape index (κ2) is 6.97. The van der Waals surface area contributed by atoms with Crippen LogP contribution in [0, 0.1) is 0 Å². The van der Waals surface area contributed by atoms with E-state index >= 15 is 0 Å². The van der Waals surface area contributed by atoms with Crippen molar-refractivity contribution >= 4 is 21.4 Å². The molecule has 0 bridgehead atoms. The molecule has 0 aliphatic carbocycles. The summed E-state index contributed by atoms with van der Waals surface area (Å²) < 4.78 is 32.8. The molecule has 20 heavy (non-hydrogen) atoms. The van der Waals surface area contributed by atoms with Crippen LogP contribution in [0.3, 0.4) is 0 Å². The highest BCUT2D eigenvalue weighted by Crippen LogP contribution is 2.21. The third-order valence-electron chi connectivity index (χ3n) is 3.14. The number of nitrogens with two attached hydrogens (primary N) is 1. The van der Waals surface area contributed by atoms with Gasteiger partial charge in [0.15, 0.2) is 0 Å². The molecule has 1 saturated heterocycles. The van der Waals surface area contributed by atoms with Crippen LogP contribution in [0.4, 0.5) is 0 Å². The molecule has 8 heteroatoms. The van der Waals surface area contributed by atoms with Crippen molar-refractivity contribution in [3.05, 3.63) is 17.0 Å². The maximum absolute atomic E-state index is 12.2. The van der Waals surface area contributed by atoms with Gasteiger partial charge in [0.2, 0.25) is 10.0 Å². The lowest BCUT2D eigenvalue weighted by atomic mass is 10.3. The molecular formula is C12H21N3O3S2. The van der Waals surface area contributed by atoms with E-state index in [4.69, 9.17) is 10.5 Å². The highest BCUT2D eigenvalue weighted by atomic mass is 32.2. The third kappa shape index (κ3) is 4.24. The summed E-state index contributed by atoms with van der Waals surface area (Å²) in [6.07, 6.45) is 0.614. The van der Waals surface area contributed by atoms with E-state index in [1.807, 2.05) is 13.1 Å². The van der Waals surface area contributed by atoms with Gasteiger partial charge in [-0.1, -0.05) is 0 Å². The summed E-state index contributed by atoms with van der Waals surface area (Å²) in [5, 5.41) is 0. The first-order chi connectivity index (χ1) is 9.51. The molecule has 2 rings (SSSR count). The van der Waals surface area contributed by atoms with Crippen LogP contribution in [-0.4, -0.2) is 59.3 Å². The Morgan fingerprint density at radius 3 is 3.05 bits per heavy atom. The number of nitrogens with zero attached hydrogens (tertiary/aromatic N) is 1. The minimum Gasteiger partial charge on any atom is -0.374 e. The Balaban J connectivity index is 1.92. The lowest BCUT2D eigenvalue weighted by molar-refractivity contribution is -0.0156. The average Bonchev–Trinajstić information content (AvgIpc) is 2.87. The van der Waals surface area contributed by atoms with Crippen LogP contribution in [0.25, 0.3) is 0 Å². The Morgan fingerprint density at radius 1 is 1.55 bits per heavy atom. The van der Waals surface area contributed by atoms with Gasteiger partial charge in [-0.2, -0.15) is 0 Å². The fourth-order valence-electron chi connectivity index (χ4n) is 2.04. The Hall–Kier alpha value is -0.510. The van der Waals surface area contributed by atoms with Gasteiger partial charge in [0.05, 0.1) is 12.7 Å². The lowest BCUT2D eigenvalue weighted by Crippen LogP contribution is -2.45. The quantitative estimate of drug-likeness (QED) is 0.762. The normalized spacial score (nSPS) is 21.2. The van der Waals surface area contributed by atoms with Gasteiger partial charge in [-0.05, 0) is 32.1 Å². The monoisotopic (exact) mass is 319 g/mol.